The molecule has 7 heteroatoms. The normalized spacial score (nSPS) is 13.9. The second kappa shape index (κ2) is 11.5. The maximum absolute atomic E-state index is 13.0. The van der Waals surface area contributed by atoms with Crippen molar-refractivity contribution in [3.05, 3.63) is 64.4 Å². The number of aromatic nitrogens is 1. The molecule has 0 aliphatic carbocycles. The minimum Gasteiger partial charge on any atom is -0.395 e. The van der Waals surface area contributed by atoms with E-state index < -0.39 is 12.0 Å². The number of benzene rings is 1. The second-order valence-corrected chi connectivity index (χ2v) is 7.22. The molecule has 0 saturated carbocycles. The molecular formula is C21H25BrN4O2. The van der Waals surface area contributed by atoms with E-state index in [-0.39, 0.29) is 25.1 Å². The van der Waals surface area contributed by atoms with Gasteiger partial charge in [0.05, 0.1) is 30.5 Å². The molecule has 0 radical (unpaired) electrons. The first-order valence-electron chi connectivity index (χ1n) is 9.32. The smallest absolute Gasteiger partial charge is 0.239 e. The van der Waals surface area contributed by atoms with E-state index in [0.717, 1.165) is 18.4 Å². The zero-order valence-corrected chi connectivity index (χ0v) is 17.4. The van der Waals surface area contributed by atoms with Crippen molar-refractivity contribution >= 4 is 21.8 Å². The first kappa shape index (κ1) is 22.0. The summed E-state index contributed by atoms with van der Waals surface area (Å²) in [7, 11) is 0. The van der Waals surface area contributed by atoms with Crippen molar-refractivity contribution in [3.63, 3.8) is 0 Å². The molecule has 0 saturated heterocycles. The van der Waals surface area contributed by atoms with Gasteiger partial charge in [0.25, 0.3) is 0 Å². The molecule has 1 aromatic heterocycles. The van der Waals surface area contributed by atoms with Gasteiger partial charge in [-0.15, -0.1) is 0 Å². The Kier molecular flexibility index (Phi) is 9.08. The number of aliphatic hydroxyl groups excluding tert-OH is 1. The minimum absolute atomic E-state index is 0.104. The molecular weight excluding hydrogens is 420 g/mol. The van der Waals surface area contributed by atoms with Crippen LogP contribution >= 0.6 is 15.9 Å². The van der Waals surface area contributed by atoms with Gasteiger partial charge in [0.15, 0.2) is 0 Å². The second-order valence-electron chi connectivity index (χ2n) is 6.41. The van der Waals surface area contributed by atoms with Crippen molar-refractivity contribution in [1.29, 1.82) is 5.26 Å². The molecule has 3 unspecified atom stereocenters. The highest BCUT2D eigenvalue weighted by Crippen LogP contribution is 2.24. The Morgan fingerprint density at radius 2 is 2.00 bits per heavy atom. The molecule has 1 heterocycles. The molecule has 2 rings (SSSR count). The summed E-state index contributed by atoms with van der Waals surface area (Å²) in [4.78, 5) is 17.4. The number of pyridine rings is 1. The Bertz CT molecular complexity index is 794. The van der Waals surface area contributed by atoms with E-state index in [9.17, 15) is 15.2 Å². The lowest BCUT2D eigenvalue weighted by Gasteiger charge is -2.25. The Morgan fingerprint density at radius 3 is 2.61 bits per heavy atom. The van der Waals surface area contributed by atoms with Gasteiger partial charge in [0, 0.05) is 6.54 Å². The summed E-state index contributed by atoms with van der Waals surface area (Å²) >= 11 is 3.33. The number of nitrogens with zero attached hydrogens (tertiary/aromatic N) is 2. The van der Waals surface area contributed by atoms with Crippen LogP contribution in [0.5, 0.6) is 0 Å². The highest BCUT2D eigenvalue weighted by molar-refractivity contribution is 9.10. The third-order valence-corrected chi connectivity index (χ3v) is 4.82. The number of amides is 1. The summed E-state index contributed by atoms with van der Waals surface area (Å²) in [5.41, 5.74) is 1.58. The van der Waals surface area contributed by atoms with Crippen LogP contribution in [-0.4, -0.2) is 29.1 Å². The summed E-state index contributed by atoms with van der Waals surface area (Å²) in [6.45, 7) is 2.20. The largest absolute Gasteiger partial charge is 0.395 e. The monoisotopic (exact) mass is 444 g/mol. The van der Waals surface area contributed by atoms with Crippen LogP contribution in [0, 0.1) is 17.2 Å². The molecule has 0 aliphatic heterocycles. The van der Waals surface area contributed by atoms with E-state index in [1.54, 1.807) is 18.2 Å². The highest BCUT2D eigenvalue weighted by atomic mass is 79.9. The van der Waals surface area contributed by atoms with E-state index in [1.165, 1.54) is 0 Å². The van der Waals surface area contributed by atoms with Gasteiger partial charge >= 0.3 is 0 Å². The van der Waals surface area contributed by atoms with Gasteiger partial charge in [0.2, 0.25) is 5.91 Å². The molecule has 28 heavy (non-hydrogen) atoms. The fourth-order valence-corrected chi connectivity index (χ4v) is 3.41. The van der Waals surface area contributed by atoms with Gasteiger partial charge in [-0.05, 0) is 40.0 Å². The number of aliphatic hydroxyl groups is 1. The maximum Gasteiger partial charge on any atom is 0.239 e. The number of carbonyl (C=O) groups excluding carboxylic acids is 1. The number of halogens is 1. The van der Waals surface area contributed by atoms with Crippen LogP contribution in [0.2, 0.25) is 0 Å². The number of hydrogen-bond acceptors (Lipinski definition) is 5. The van der Waals surface area contributed by atoms with Gasteiger partial charge in [-0.3, -0.25) is 4.79 Å². The number of nitriles is 1. The molecule has 1 aromatic carbocycles. The summed E-state index contributed by atoms with van der Waals surface area (Å²) in [5.74, 6) is -1.35. The van der Waals surface area contributed by atoms with Crippen molar-refractivity contribution in [1.82, 2.24) is 15.6 Å². The van der Waals surface area contributed by atoms with E-state index in [1.807, 2.05) is 30.3 Å². The summed E-state index contributed by atoms with van der Waals surface area (Å²) in [6, 6.07) is 16.4. The summed E-state index contributed by atoms with van der Waals surface area (Å²) in [5, 5.41) is 25.1. The molecule has 6 nitrogen and oxygen atoms in total. The zero-order valence-electron chi connectivity index (χ0n) is 15.8. The van der Waals surface area contributed by atoms with Crippen LogP contribution in [0.25, 0.3) is 0 Å². The van der Waals surface area contributed by atoms with Crippen molar-refractivity contribution in [2.75, 3.05) is 13.2 Å². The standard InChI is InChI=1S/C21H25BrN4O2/c1-2-7-17(15-8-4-3-5-9-15)26-21(28)16(14-23)20(24-12-13-27)18-10-6-11-19(22)25-18/h3-6,8-11,16-17,20,24,27H,2,7,12-13H2,1H3,(H,26,28). The Hall–Kier alpha value is -2.27. The van der Waals surface area contributed by atoms with E-state index in [0.29, 0.717) is 10.3 Å². The van der Waals surface area contributed by atoms with Gasteiger partial charge in [-0.2, -0.15) is 5.26 Å². The van der Waals surface area contributed by atoms with Crippen LogP contribution in [0.3, 0.4) is 0 Å². The van der Waals surface area contributed by atoms with E-state index >= 15 is 0 Å². The number of nitrogens with one attached hydrogen (secondary N) is 2. The number of rotatable bonds is 10. The van der Waals surface area contributed by atoms with Crippen molar-refractivity contribution in [3.8, 4) is 6.07 Å². The first-order chi connectivity index (χ1) is 13.6. The van der Waals surface area contributed by atoms with Gasteiger partial charge < -0.3 is 15.7 Å². The lowest BCUT2D eigenvalue weighted by Crippen LogP contribution is -2.41. The highest BCUT2D eigenvalue weighted by Gasteiger charge is 2.32. The predicted octanol–water partition coefficient (Wildman–Crippen LogP) is 3.26. The fraction of sp³-hybridized carbons (Fsp3) is 0.381. The Balaban J connectivity index is 2.25. The molecule has 0 aliphatic rings. The predicted molar refractivity (Wildman–Crippen MR) is 111 cm³/mol. The van der Waals surface area contributed by atoms with Crippen LogP contribution in [0.1, 0.15) is 43.1 Å². The number of hydrogen-bond donors (Lipinski definition) is 3. The van der Waals surface area contributed by atoms with Crippen molar-refractivity contribution in [2.24, 2.45) is 5.92 Å². The van der Waals surface area contributed by atoms with Gasteiger partial charge in [-0.1, -0.05) is 49.7 Å². The maximum atomic E-state index is 13.0. The van der Waals surface area contributed by atoms with Crippen LogP contribution in [-0.2, 0) is 4.79 Å². The Morgan fingerprint density at radius 1 is 1.25 bits per heavy atom. The first-order valence-corrected chi connectivity index (χ1v) is 10.1. The third kappa shape index (κ3) is 6.13. The summed E-state index contributed by atoms with van der Waals surface area (Å²) < 4.78 is 0.617. The Labute approximate surface area is 174 Å². The molecule has 0 spiro atoms. The van der Waals surface area contributed by atoms with Crippen LogP contribution in [0.4, 0.5) is 0 Å². The van der Waals surface area contributed by atoms with Crippen molar-refractivity contribution < 1.29 is 9.90 Å². The van der Waals surface area contributed by atoms with E-state index in [2.05, 4.69) is 44.5 Å². The average Bonchev–Trinajstić information content (AvgIpc) is 2.71. The molecule has 0 fully saturated rings. The third-order valence-electron chi connectivity index (χ3n) is 4.38. The van der Waals surface area contributed by atoms with E-state index in [4.69, 9.17) is 0 Å². The SMILES string of the molecule is CCCC(NC(=O)C(C#N)C(NCCO)c1cccc(Br)n1)c1ccccc1. The molecule has 0 bridgehead atoms. The van der Waals surface area contributed by atoms with Crippen molar-refractivity contribution in [2.45, 2.75) is 31.8 Å². The van der Waals surface area contributed by atoms with Gasteiger partial charge in [0.1, 0.15) is 10.5 Å². The molecule has 3 atom stereocenters. The molecule has 148 valence electrons. The average molecular weight is 445 g/mol. The van der Waals surface area contributed by atoms with Gasteiger partial charge in [-0.25, -0.2) is 4.98 Å². The lowest BCUT2D eigenvalue weighted by atomic mass is 9.95. The zero-order chi connectivity index (χ0) is 20.4. The summed E-state index contributed by atoms with van der Waals surface area (Å²) in [6.07, 6.45) is 1.67. The number of carbonyl (C=O) groups is 1. The molecule has 1 amide bonds. The lowest BCUT2D eigenvalue weighted by molar-refractivity contribution is -0.125. The molecule has 3 N–H and O–H groups in total. The minimum atomic E-state index is -0.989. The fourth-order valence-electron chi connectivity index (χ4n) is 3.05. The molecule has 2 aromatic rings. The van der Waals surface area contributed by atoms with Crippen LogP contribution in [0.15, 0.2) is 53.1 Å². The quantitative estimate of drug-likeness (QED) is 0.488. The van der Waals surface area contributed by atoms with Crippen LogP contribution < -0.4 is 10.6 Å². The topological polar surface area (TPSA) is 98.0 Å².